The van der Waals surface area contributed by atoms with E-state index in [0.717, 1.165) is 23.4 Å². The third-order valence-corrected chi connectivity index (χ3v) is 5.64. The van der Waals surface area contributed by atoms with Gasteiger partial charge in [0.2, 0.25) is 0 Å². The second kappa shape index (κ2) is 5.52. The Kier molecular flexibility index (Phi) is 3.53. The lowest BCUT2D eigenvalue weighted by molar-refractivity contribution is 0.302. The predicted octanol–water partition coefficient (Wildman–Crippen LogP) is 2.77. The Morgan fingerprint density at radius 3 is 2.62 bits per heavy atom. The first-order chi connectivity index (χ1) is 10.3. The van der Waals surface area contributed by atoms with E-state index < -0.39 is 0 Å². The van der Waals surface area contributed by atoms with Crippen LogP contribution in [0.3, 0.4) is 0 Å². The van der Waals surface area contributed by atoms with Gasteiger partial charge in [-0.05, 0) is 31.8 Å². The van der Waals surface area contributed by atoms with Crippen molar-refractivity contribution in [2.24, 2.45) is 11.8 Å². The van der Waals surface area contributed by atoms with Crippen LogP contribution < -0.4 is 5.32 Å². The van der Waals surface area contributed by atoms with E-state index in [1.807, 2.05) is 0 Å². The molecule has 2 aromatic rings. The highest BCUT2D eigenvalue weighted by atomic mass is 32.1. The molecule has 2 aliphatic rings. The Morgan fingerprint density at radius 2 is 1.90 bits per heavy atom. The second-order valence-corrected chi connectivity index (χ2v) is 7.24. The van der Waals surface area contributed by atoms with Crippen molar-refractivity contribution in [3.05, 3.63) is 40.9 Å². The number of thiazole rings is 1. The number of rotatable bonds is 3. The average molecular weight is 299 g/mol. The van der Waals surface area contributed by atoms with Crippen molar-refractivity contribution >= 4 is 11.3 Å². The van der Waals surface area contributed by atoms with E-state index in [4.69, 9.17) is 4.98 Å². The summed E-state index contributed by atoms with van der Waals surface area (Å²) in [5.41, 5.74) is 3.76. The van der Waals surface area contributed by atoms with Gasteiger partial charge in [-0.2, -0.15) is 0 Å². The van der Waals surface area contributed by atoms with Crippen LogP contribution >= 0.6 is 11.3 Å². The van der Waals surface area contributed by atoms with Crippen LogP contribution in [0.5, 0.6) is 0 Å². The minimum absolute atomic E-state index is 0.861. The summed E-state index contributed by atoms with van der Waals surface area (Å²) in [5.74, 6) is 1.72. The molecular weight excluding hydrogens is 278 g/mol. The minimum Gasteiger partial charge on any atom is -0.316 e. The summed E-state index contributed by atoms with van der Waals surface area (Å²) in [6.45, 7) is 8.00. The number of aryl methyl sites for hydroxylation is 1. The van der Waals surface area contributed by atoms with Crippen LogP contribution in [-0.2, 0) is 6.54 Å². The Labute approximate surface area is 130 Å². The van der Waals surface area contributed by atoms with Gasteiger partial charge in [-0.25, -0.2) is 4.98 Å². The second-order valence-electron chi connectivity index (χ2n) is 6.38. The molecule has 0 unspecified atom stereocenters. The molecule has 0 radical (unpaired) electrons. The van der Waals surface area contributed by atoms with Gasteiger partial charge in [0.15, 0.2) is 0 Å². The summed E-state index contributed by atoms with van der Waals surface area (Å²) in [5, 5.41) is 6.87. The highest BCUT2D eigenvalue weighted by Crippen LogP contribution is 2.29. The molecule has 2 fully saturated rings. The van der Waals surface area contributed by atoms with Gasteiger partial charge in [0.25, 0.3) is 0 Å². The fourth-order valence-corrected chi connectivity index (χ4v) is 4.34. The lowest BCUT2D eigenvalue weighted by Gasteiger charge is -2.15. The van der Waals surface area contributed by atoms with E-state index in [2.05, 4.69) is 46.8 Å². The van der Waals surface area contributed by atoms with Crippen LogP contribution in [0.2, 0.25) is 0 Å². The number of likely N-dealkylation sites (tertiary alicyclic amines) is 1. The van der Waals surface area contributed by atoms with Gasteiger partial charge in [0.05, 0.1) is 5.69 Å². The van der Waals surface area contributed by atoms with Gasteiger partial charge >= 0.3 is 0 Å². The molecule has 2 aliphatic heterocycles. The standard InChI is InChI=1S/C17H21N3S/c1-12-2-4-13(5-3-12)17-19-16(11-21-17)10-20-8-14-6-18-7-15(14)9-20/h2-5,11,14-15,18H,6-10H2,1H3/t14-,15+. The summed E-state index contributed by atoms with van der Waals surface area (Å²) in [7, 11) is 0. The summed E-state index contributed by atoms with van der Waals surface area (Å²) < 4.78 is 0. The molecule has 0 amide bonds. The Balaban J connectivity index is 1.44. The maximum Gasteiger partial charge on any atom is 0.123 e. The topological polar surface area (TPSA) is 28.2 Å². The van der Waals surface area contributed by atoms with Crippen LogP contribution in [0, 0.1) is 18.8 Å². The molecule has 1 aromatic heterocycles. The molecule has 0 aliphatic carbocycles. The smallest absolute Gasteiger partial charge is 0.123 e. The molecule has 3 nitrogen and oxygen atoms in total. The van der Waals surface area contributed by atoms with Gasteiger partial charge in [-0.3, -0.25) is 4.90 Å². The summed E-state index contributed by atoms with van der Waals surface area (Å²) in [4.78, 5) is 7.40. The van der Waals surface area contributed by atoms with Crippen molar-refractivity contribution in [2.75, 3.05) is 26.2 Å². The zero-order valence-corrected chi connectivity index (χ0v) is 13.2. The van der Waals surface area contributed by atoms with E-state index in [1.165, 1.54) is 43.0 Å². The molecule has 2 atom stereocenters. The van der Waals surface area contributed by atoms with Crippen molar-refractivity contribution in [1.29, 1.82) is 0 Å². The highest BCUT2D eigenvalue weighted by Gasteiger charge is 2.35. The molecule has 4 rings (SSSR count). The highest BCUT2D eigenvalue weighted by molar-refractivity contribution is 7.13. The van der Waals surface area contributed by atoms with Crippen molar-refractivity contribution in [1.82, 2.24) is 15.2 Å². The normalized spacial score (nSPS) is 25.4. The lowest BCUT2D eigenvalue weighted by Crippen LogP contribution is -2.25. The maximum absolute atomic E-state index is 4.83. The minimum atomic E-state index is 0.861. The summed E-state index contributed by atoms with van der Waals surface area (Å²) in [6, 6.07) is 8.66. The van der Waals surface area contributed by atoms with Gasteiger partial charge in [-0.15, -0.1) is 11.3 Å². The number of hydrogen-bond donors (Lipinski definition) is 1. The van der Waals surface area contributed by atoms with Crippen molar-refractivity contribution < 1.29 is 0 Å². The monoisotopic (exact) mass is 299 g/mol. The van der Waals surface area contributed by atoms with Crippen molar-refractivity contribution in [3.8, 4) is 10.6 Å². The first-order valence-corrected chi connectivity index (χ1v) is 8.60. The van der Waals surface area contributed by atoms with Gasteiger partial charge < -0.3 is 5.32 Å². The Bertz CT molecular complexity index is 607. The first kappa shape index (κ1) is 13.4. The van der Waals surface area contributed by atoms with Gasteiger partial charge in [0.1, 0.15) is 5.01 Å². The quantitative estimate of drug-likeness (QED) is 0.944. The molecular formula is C17H21N3S. The predicted molar refractivity (Wildman–Crippen MR) is 87.4 cm³/mol. The largest absolute Gasteiger partial charge is 0.316 e. The van der Waals surface area contributed by atoms with E-state index in [1.54, 1.807) is 11.3 Å². The third kappa shape index (κ3) is 2.76. The van der Waals surface area contributed by atoms with Crippen LogP contribution in [0.4, 0.5) is 0 Å². The molecule has 2 saturated heterocycles. The maximum atomic E-state index is 4.83. The number of fused-ring (bicyclic) bond motifs is 1. The molecule has 0 spiro atoms. The fraction of sp³-hybridized carbons (Fsp3) is 0.471. The number of nitrogens with one attached hydrogen (secondary N) is 1. The van der Waals surface area contributed by atoms with Crippen molar-refractivity contribution in [2.45, 2.75) is 13.5 Å². The SMILES string of the molecule is Cc1ccc(-c2nc(CN3C[C@H]4CNC[C@H]4C3)cs2)cc1. The molecule has 1 N–H and O–H groups in total. The van der Waals surface area contributed by atoms with Crippen LogP contribution in [0.1, 0.15) is 11.3 Å². The Hall–Kier alpha value is -1.23. The zero-order valence-electron chi connectivity index (χ0n) is 12.4. The average Bonchev–Trinajstić information content (AvgIpc) is 3.16. The van der Waals surface area contributed by atoms with Gasteiger partial charge in [0, 0.05) is 30.6 Å². The lowest BCUT2D eigenvalue weighted by atomic mass is 10.0. The summed E-state index contributed by atoms with van der Waals surface area (Å²) in [6.07, 6.45) is 0. The molecule has 0 saturated carbocycles. The Morgan fingerprint density at radius 1 is 1.19 bits per heavy atom. The number of nitrogens with zero attached hydrogens (tertiary/aromatic N) is 2. The summed E-state index contributed by atoms with van der Waals surface area (Å²) >= 11 is 1.76. The number of hydrogen-bond acceptors (Lipinski definition) is 4. The molecule has 1 aromatic carbocycles. The molecule has 3 heterocycles. The van der Waals surface area contributed by atoms with E-state index in [9.17, 15) is 0 Å². The first-order valence-electron chi connectivity index (χ1n) is 7.72. The number of benzene rings is 1. The van der Waals surface area contributed by atoms with Crippen molar-refractivity contribution in [3.63, 3.8) is 0 Å². The molecule has 0 bridgehead atoms. The fourth-order valence-electron chi connectivity index (χ4n) is 3.52. The zero-order chi connectivity index (χ0) is 14.2. The van der Waals surface area contributed by atoms with E-state index in [-0.39, 0.29) is 0 Å². The van der Waals surface area contributed by atoms with Crippen LogP contribution in [0.25, 0.3) is 10.6 Å². The van der Waals surface area contributed by atoms with Gasteiger partial charge in [-0.1, -0.05) is 29.8 Å². The van der Waals surface area contributed by atoms with Crippen LogP contribution in [0.15, 0.2) is 29.6 Å². The molecule has 110 valence electrons. The van der Waals surface area contributed by atoms with E-state index >= 15 is 0 Å². The molecule has 21 heavy (non-hydrogen) atoms. The third-order valence-electron chi connectivity index (χ3n) is 4.70. The molecule has 4 heteroatoms. The van der Waals surface area contributed by atoms with E-state index in [0.29, 0.717) is 0 Å². The number of aromatic nitrogens is 1. The van der Waals surface area contributed by atoms with Crippen LogP contribution in [-0.4, -0.2) is 36.1 Å².